The van der Waals surface area contributed by atoms with E-state index in [1.165, 1.54) is 15.6 Å². The molecule has 114 valence electrons. The Bertz CT molecular complexity index is 696. The molecule has 0 spiro atoms. The van der Waals surface area contributed by atoms with Gasteiger partial charge >= 0.3 is 0 Å². The lowest BCUT2D eigenvalue weighted by Gasteiger charge is -2.16. The van der Waals surface area contributed by atoms with Crippen molar-refractivity contribution in [3.05, 3.63) is 45.9 Å². The Balaban J connectivity index is 2.13. The minimum Gasteiger partial charge on any atom is -0.391 e. The molecule has 0 saturated carbocycles. The SMILES string of the molecule is Cc1sc(CO)cc1S(=O)(=O)N(C)CCc1ccccn1. The molecule has 5 nitrogen and oxygen atoms in total. The van der Waals surface area contributed by atoms with Gasteiger partial charge in [-0.05, 0) is 25.1 Å². The van der Waals surface area contributed by atoms with Crippen LogP contribution in [0.15, 0.2) is 35.4 Å². The third-order valence-corrected chi connectivity index (χ3v) is 6.32. The zero-order chi connectivity index (χ0) is 15.5. The predicted molar refractivity (Wildman–Crippen MR) is 82.7 cm³/mol. The van der Waals surface area contributed by atoms with Crippen LogP contribution in [0.3, 0.4) is 0 Å². The van der Waals surface area contributed by atoms with Crippen molar-refractivity contribution in [1.82, 2.24) is 9.29 Å². The second-order valence-electron chi connectivity index (χ2n) is 4.69. The summed E-state index contributed by atoms with van der Waals surface area (Å²) in [6, 6.07) is 7.13. The van der Waals surface area contributed by atoms with Gasteiger partial charge in [0.25, 0.3) is 0 Å². The summed E-state index contributed by atoms with van der Waals surface area (Å²) in [6.07, 6.45) is 2.26. The largest absolute Gasteiger partial charge is 0.391 e. The first-order valence-electron chi connectivity index (χ1n) is 6.51. The Morgan fingerprint density at radius 1 is 1.38 bits per heavy atom. The summed E-state index contributed by atoms with van der Waals surface area (Å²) in [5, 5.41) is 9.13. The van der Waals surface area contributed by atoms with Crippen LogP contribution in [0, 0.1) is 6.92 Å². The van der Waals surface area contributed by atoms with Crippen LogP contribution >= 0.6 is 11.3 Å². The summed E-state index contributed by atoms with van der Waals surface area (Å²) in [5.41, 5.74) is 0.859. The van der Waals surface area contributed by atoms with E-state index in [0.717, 1.165) is 5.69 Å². The highest BCUT2D eigenvalue weighted by atomic mass is 32.2. The molecule has 2 aromatic rings. The van der Waals surface area contributed by atoms with Gasteiger partial charge in [0.2, 0.25) is 10.0 Å². The van der Waals surface area contributed by atoms with Gasteiger partial charge in [0.15, 0.2) is 0 Å². The number of aliphatic hydroxyl groups excluding tert-OH is 1. The number of hydrogen-bond acceptors (Lipinski definition) is 5. The highest BCUT2D eigenvalue weighted by Crippen LogP contribution is 2.27. The Morgan fingerprint density at radius 3 is 2.71 bits per heavy atom. The molecule has 0 fully saturated rings. The lowest BCUT2D eigenvalue weighted by atomic mass is 10.3. The lowest BCUT2D eigenvalue weighted by molar-refractivity contribution is 0.285. The predicted octanol–water partition coefficient (Wildman–Crippen LogP) is 1.81. The molecule has 2 aromatic heterocycles. The first kappa shape index (κ1) is 16.1. The number of nitrogens with zero attached hydrogens (tertiary/aromatic N) is 2. The molecule has 0 bridgehead atoms. The third kappa shape index (κ3) is 3.68. The van der Waals surface area contributed by atoms with E-state index >= 15 is 0 Å². The number of sulfonamides is 1. The van der Waals surface area contributed by atoms with Crippen LogP contribution in [0.25, 0.3) is 0 Å². The molecular weight excluding hydrogens is 308 g/mol. The van der Waals surface area contributed by atoms with Crippen molar-refractivity contribution >= 4 is 21.4 Å². The Labute approximate surface area is 128 Å². The zero-order valence-corrected chi connectivity index (χ0v) is 13.6. The normalized spacial score (nSPS) is 12.0. The van der Waals surface area contributed by atoms with E-state index < -0.39 is 10.0 Å². The summed E-state index contributed by atoms with van der Waals surface area (Å²) in [6.45, 7) is 1.98. The third-order valence-electron chi connectivity index (χ3n) is 3.18. The van der Waals surface area contributed by atoms with Gasteiger partial charge in [-0.15, -0.1) is 11.3 Å². The number of aromatic nitrogens is 1. The fourth-order valence-corrected chi connectivity index (χ4v) is 4.60. The van der Waals surface area contributed by atoms with Crippen molar-refractivity contribution in [2.75, 3.05) is 13.6 Å². The number of thiophene rings is 1. The van der Waals surface area contributed by atoms with E-state index in [0.29, 0.717) is 22.7 Å². The van der Waals surface area contributed by atoms with Gasteiger partial charge < -0.3 is 5.11 Å². The van der Waals surface area contributed by atoms with Crippen molar-refractivity contribution in [2.45, 2.75) is 24.8 Å². The molecule has 0 radical (unpaired) electrons. The number of aryl methyl sites for hydroxylation is 1. The van der Waals surface area contributed by atoms with Crippen LogP contribution in [0.1, 0.15) is 15.4 Å². The molecule has 7 heteroatoms. The average Bonchev–Trinajstić information content (AvgIpc) is 2.87. The van der Waals surface area contributed by atoms with Crippen LogP contribution in [0.4, 0.5) is 0 Å². The van der Waals surface area contributed by atoms with E-state index in [9.17, 15) is 8.42 Å². The topological polar surface area (TPSA) is 70.5 Å². The van der Waals surface area contributed by atoms with E-state index in [2.05, 4.69) is 4.98 Å². The minimum absolute atomic E-state index is 0.140. The lowest BCUT2D eigenvalue weighted by Crippen LogP contribution is -2.29. The summed E-state index contributed by atoms with van der Waals surface area (Å²) >= 11 is 1.30. The Morgan fingerprint density at radius 2 is 2.14 bits per heavy atom. The summed E-state index contributed by atoms with van der Waals surface area (Å²) in [7, 11) is -1.96. The molecule has 0 aliphatic rings. The smallest absolute Gasteiger partial charge is 0.243 e. The van der Waals surface area contributed by atoms with E-state index in [1.54, 1.807) is 26.2 Å². The van der Waals surface area contributed by atoms with Gasteiger partial charge in [0.05, 0.1) is 11.5 Å². The molecule has 0 amide bonds. The van der Waals surface area contributed by atoms with Gasteiger partial charge in [0.1, 0.15) is 0 Å². The maximum absolute atomic E-state index is 12.5. The zero-order valence-electron chi connectivity index (χ0n) is 12.0. The van der Waals surface area contributed by atoms with Crippen LogP contribution in [0.2, 0.25) is 0 Å². The summed E-state index contributed by atoms with van der Waals surface area (Å²) < 4.78 is 26.4. The van der Waals surface area contributed by atoms with E-state index in [4.69, 9.17) is 5.11 Å². The fraction of sp³-hybridized carbons (Fsp3) is 0.357. The summed E-state index contributed by atoms with van der Waals surface area (Å²) in [5.74, 6) is 0. The Hall–Kier alpha value is -1.28. The van der Waals surface area contributed by atoms with E-state index in [-0.39, 0.29) is 11.5 Å². The molecule has 0 aliphatic carbocycles. The van der Waals surface area contributed by atoms with Gasteiger partial charge in [0, 0.05) is 41.7 Å². The Kier molecular flexibility index (Phi) is 5.10. The molecule has 0 aliphatic heterocycles. The highest BCUT2D eigenvalue weighted by molar-refractivity contribution is 7.89. The van der Waals surface area contributed by atoms with Crippen LogP contribution in [-0.2, 0) is 23.1 Å². The number of rotatable bonds is 6. The molecule has 0 unspecified atom stereocenters. The van der Waals surface area contributed by atoms with Gasteiger partial charge in [-0.2, -0.15) is 0 Å². The first-order chi connectivity index (χ1) is 9.95. The monoisotopic (exact) mass is 326 g/mol. The van der Waals surface area contributed by atoms with Gasteiger partial charge in [-0.3, -0.25) is 4.98 Å². The van der Waals surface area contributed by atoms with E-state index in [1.807, 2.05) is 18.2 Å². The second kappa shape index (κ2) is 6.65. The minimum atomic E-state index is -3.52. The van der Waals surface area contributed by atoms with Crippen molar-refractivity contribution < 1.29 is 13.5 Å². The maximum atomic E-state index is 12.5. The fourth-order valence-electron chi connectivity index (χ4n) is 1.96. The molecule has 0 aromatic carbocycles. The van der Waals surface area contributed by atoms with Gasteiger partial charge in [-0.1, -0.05) is 6.07 Å². The van der Waals surface area contributed by atoms with Crippen LogP contribution < -0.4 is 0 Å². The molecule has 2 heterocycles. The van der Waals surface area contributed by atoms with Crippen LogP contribution in [0.5, 0.6) is 0 Å². The number of likely N-dealkylation sites (N-methyl/N-ethyl adjacent to an activating group) is 1. The van der Waals surface area contributed by atoms with Crippen molar-refractivity contribution in [3.8, 4) is 0 Å². The maximum Gasteiger partial charge on any atom is 0.243 e. The molecule has 1 N–H and O–H groups in total. The number of pyridine rings is 1. The second-order valence-corrected chi connectivity index (χ2v) is 8.04. The molecule has 2 rings (SSSR count). The highest BCUT2D eigenvalue weighted by Gasteiger charge is 2.24. The number of aliphatic hydroxyl groups is 1. The standard InChI is InChI=1S/C14H18N2O3S2/c1-11-14(9-13(10-17)20-11)21(18,19)16(2)8-6-12-5-3-4-7-15-12/h3-5,7,9,17H,6,8,10H2,1-2H3. The average molecular weight is 326 g/mol. The van der Waals surface area contributed by atoms with Gasteiger partial charge in [-0.25, -0.2) is 12.7 Å². The van der Waals surface area contributed by atoms with Crippen molar-refractivity contribution in [2.24, 2.45) is 0 Å². The first-order valence-corrected chi connectivity index (χ1v) is 8.77. The molecule has 0 saturated heterocycles. The van der Waals surface area contributed by atoms with Crippen LogP contribution in [-0.4, -0.2) is 36.4 Å². The van der Waals surface area contributed by atoms with Crippen molar-refractivity contribution in [3.63, 3.8) is 0 Å². The molecular formula is C14H18N2O3S2. The molecule has 0 atom stereocenters. The summed E-state index contributed by atoms with van der Waals surface area (Å²) in [4.78, 5) is 5.82. The number of hydrogen-bond donors (Lipinski definition) is 1. The van der Waals surface area contributed by atoms with Crippen molar-refractivity contribution in [1.29, 1.82) is 0 Å². The quantitative estimate of drug-likeness (QED) is 0.879. The molecule has 21 heavy (non-hydrogen) atoms.